The first kappa shape index (κ1) is 19.3. The van der Waals surface area contributed by atoms with Gasteiger partial charge in [-0.1, -0.05) is 30.3 Å². The molecule has 1 atom stereocenters. The maximum Gasteiger partial charge on any atom is 0.220 e. The van der Waals surface area contributed by atoms with Crippen molar-refractivity contribution in [3.05, 3.63) is 53.0 Å². The van der Waals surface area contributed by atoms with Crippen LogP contribution in [0.2, 0.25) is 0 Å². The van der Waals surface area contributed by atoms with Gasteiger partial charge in [0, 0.05) is 44.6 Å². The van der Waals surface area contributed by atoms with Gasteiger partial charge >= 0.3 is 0 Å². The van der Waals surface area contributed by atoms with E-state index in [9.17, 15) is 0 Å². The average Bonchev–Trinajstić information content (AvgIpc) is 2.95. The normalized spacial score (nSPS) is 18.9. The molecule has 150 valence electrons. The van der Waals surface area contributed by atoms with Crippen LogP contribution in [0.1, 0.15) is 29.6 Å². The first-order valence-electron chi connectivity index (χ1n) is 10.4. The van der Waals surface area contributed by atoms with E-state index in [0.717, 1.165) is 82.6 Å². The molecule has 4 rings (SSSR count). The summed E-state index contributed by atoms with van der Waals surface area (Å²) in [4.78, 5) is 12.1. The standard InChI is InChI=1S/C22H30N4O2/c1-17(16-26-11-13-27-14-12-26)28-22-19-7-9-23-10-8-20(19)24-21(25-22)15-18-5-3-2-4-6-18/h2-6,17,23H,7-16H2,1H3. The zero-order chi connectivity index (χ0) is 19.2. The van der Waals surface area contributed by atoms with Crippen LogP contribution in [0.5, 0.6) is 5.88 Å². The summed E-state index contributed by atoms with van der Waals surface area (Å²) in [5, 5.41) is 3.46. The van der Waals surface area contributed by atoms with Crippen molar-refractivity contribution in [2.24, 2.45) is 0 Å². The summed E-state index contributed by atoms with van der Waals surface area (Å²) in [7, 11) is 0. The molecule has 0 spiro atoms. The Balaban J connectivity index is 1.54. The minimum absolute atomic E-state index is 0.0814. The fourth-order valence-corrected chi connectivity index (χ4v) is 3.89. The Hall–Kier alpha value is -2.02. The van der Waals surface area contributed by atoms with Crippen LogP contribution in [0.25, 0.3) is 0 Å². The van der Waals surface area contributed by atoms with E-state index in [2.05, 4.69) is 41.4 Å². The molecule has 0 amide bonds. The molecule has 2 aliphatic heterocycles. The number of benzene rings is 1. The minimum Gasteiger partial charge on any atom is -0.473 e. The SMILES string of the molecule is CC(CN1CCOCC1)Oc1nc(Cc2ccccc2)nc2c1CCNCC2. The van der Waals surface area contributed by atoms with Gasteiger partial charge in [-0.3, -0.25) is 4.90 Å². The second-order valence-electron chi connectivity index (χ2n) is 7.62. The molecule has 6 nitrogen and oxygen atoms in total. The second kappa shape index (κ2) is 9.45. The molecule has 0 radical (unpaired) electrons. The number of morpholine rings is 1. The average molecular weight is 383 g/mol. The van der Waals surface area contributed by atoms with E-state index in [1.54, 1.807) is 0 Å². The molecule has 1 unspecified atom stereocenters. The van der Waals surface area contributed by atoms with Crippen LogP contribution in [0.15, 0.2) is 30.3 Å². The molecule has 0 saturated carbocycles. The topological polar surface area (TPSA) is 59.5 Å². The van der Waals surface area contributed by atoms with Crippen molar-refractivity contribution >= 4 is 0 Å². The number of ether oxygens (including phenoxy) is 2. The van der Waals surface area contributed by atoms with Crippen LogP contribution >= 0.6 is 0 Å². The molecule has 1 fully saturated rings. The van der Waals surface area contributed by atoms with Crippen LogP contribution in [0.4, 0.5) is 0 Å². The fourth-order valence-electron chi connectivity index (χ4n) is 3.89. The Labute approximate surface area is 167 Å². The minimum atomic E-state index is 0.0814. The van der Waals surface area contributed by atoms with Crippen LogP contribution < -0.4 is 10.1 Å². The van der Waals surface area contributed by atoms with Crippen LogP contribution in [-0.2, 0) is 24.0 Å². The highest BCUT2D eigenvalue weighted by atomic mass is 16.5. The van der Waals surface area contributed by atoms with Crippen molar-refractivity contribution in [1.82, 2.24) is 20.2 Å². The predicted molar refractivity (Wildman–Crippen MR) is 109 cm³/mol. The number of nitrogens with zero attached hydrogens (tertiary/aromatic N) is 3. The number of rotatable bonds is 6. The largest absolute Gasteiger partial charge is 0.473 e. The number of aromatic nitrogens is 2. The summed E-state index contributed by atoms with van der Waals surface area (Å²) in [6.07, 6.45) is 2.65. The molecule has 0 aliphatic carbocycles. The molecule has 0 bridgehead atoms. The smallest absolute Gasteiger partial charge is 0.220 e. The second-order valence-corrected chi connectivity index (χ2v) is 7.62. The molecule has 1 aromatic carbocycles. The van der Waals surface area contributed by atoms with Gasteiger partial charge in [0.1, 0.15) is 11.9 Å². The monoisotopic (exact) mass is 382 g/mol. The molecule has 6 heteroatoms. The number of nitrogens with one attached hydrogen (secondary N) is 1. The van der Waals surface area contributed by atoms with Crippen molar-refractivity contribution in [3.63, 3.8) is 0 Å². The molecule has 2 aromatic rings. The third-order valence-electron chi connectivity index (χ3n) is 5.33. The third-order valence-corrected chi connectivity index (χ3v) is 5.33. The summed E-state index contributed by atoms with van der Waals surface area (Å²) in [5.41, 5.74) is 3.54. The Kier molecular flexibility index (Phi) is 6.52. The molecule has 1 aromatic heterocycles. The zero-order valence-corrected chi connectivity index (χ0v) is 16.7. The fraction of sp³-hybridized carbons (Fsp3) is 0.545. The van der Waals surface area contributed by atoms with E-state index in [1.807, 2.05) is 6.07 Å². The summed E-state index contributed by atoms with van der Waals surface area (Å²) < 4.78 is 11.8. The van der Waals surface area contributed by atoms with Gasteiger partial charge in [-0.15, -0.1) is 0 Å². The van der Waals surface area contributed by atoms with Gasteiger partial charge in [0.2, 0.25) is 5.88 Å². The van der Waals surface area contributed by atoms with Crippen LogP contribution in [-0.4, -0.2) is 66.9 Å². The molecule has 2 aliphatic rings. The Bertz CT molecular complexity index is 763. The van der Waals surface area contributed by atoms with Gasteiger partial charge in [0.15, 0.2) is 0 Å². The maximum absolute atomic E-state index is 6.39. The molecule has 28 heavy (non-hydrogen) atoms. The molecule has 1 saturated heterocycles. The van der Waals surface area contributed by atoms with Crippen molar-refractivity contribution in [3.8, 4) is 5.88 Å². The first-order chi connectivity index (χ1) is 13.8. The van der Waals surface area contributed by atoms with E-state index < -0.39 is 0 Å². The predicted octanol–water partition coefficient (Wildman–Crippen LogP) is 1.86. The highest BCUT2D eigenvalue weighted by molar-refractivity contribution is 5.34. The van der Waals surface area contributed by atoms with Crippen LogP contribution in [0.3, 0.4) is 0 Å². The van der Waals surface area contributed by atoms with E-state index in [4.69, 9.17) is 19.4 Å². The highest BCUT2D eigenvalue weighted by Gasteiger charge is 2.21. The van der Waals surface area contributed by atoms with Gasteiger partial charge in [-0.25, -0.2) is 4.98 Å². The molecular weight excluding hydrogens is 352 g/mol. The number of fused-ring (bicyclic) bond motifs is 1. The van der Waals surface area contributed by atoms with E-state index in [-0.39, 0.29) is 6.10 Å². The van der Waals surface area contributed by atoms with E-state index in [1.165, 1.54) is 11.1 Å². The number of hydrogen-bond acceptors (Lipinski definition) is 6. The Morgan fingerprint density at radius 3 is 2.71 bits per heavy atom. The third kappa shape index (κ3) is 5.07. The number of hydrogen-bond donors (Lipinski definition) is 1. The maximum atomic E-state index is 6.39. The molecular formula is C22H30N4O2. The molecule has 1 N–H and O–H groups in total. The van der Waals surface area contributed by atoms with Gasteiger partial charge in [-0.2, -0.15) is 4.98 Å². The zero-order valence-electron chi connectivity index (χ0n) is 16.7. The summed E-state index contributed by atoms with van der Waals surface area (Å²) in [5.74, 6) is 1.63. The van der Waals surface area contributed by atoms with Crippen molar-refractivity contribution < 1.29 is 9.47 Å². The van der Waals surface area contributed by atoms with Gasteiger partial charge < -0.3 is 14.8 Å². The Morgan fingerprint density at radius 2 is 1.89 bits per heavy atom. The van der Waals surface area contributed by atoms with E-state index in [0.29, 0.717) is 0 Å². The lowest BCUT2D eigenvalue weighted by Crippen LogP contribution is -2.41. The van der Waals surface area contributed by atoms with Gasteiger partial charge in [-0.05, 0) is 25.5 Å². The van der Waals surface area contributed by atoms with Gasteiger partial charge in [0.25, 0.3) is 0 Å². The lowest BCUT2D eigenvalue weighted by atomic mass is 10.1. The first-order valence-corrected chi connectivity index (χ1v) is 10.4. The van der Waals surface area contributed by atoms with Crippen molar-refractivity contribution in [2.75, 3.05) is 45.9 Å². The quantitative estimate of drug-likeness (QED) is 0.823. The van der Waals surface area contributed by atoms with Crippen molar-refractivity contribution in [2.45, 2.75) is 32.3 Å². The van der Waals surface area contributed by atoms with Gasteiger partial charge in [0.05, 0.1) is 18.9 Å². The summed E-state index contributed by atoms with van der Waals surface area (Å²) >= 11 is 0. The highest BCUT2D eigenvalue weighted by Crippen LogP contribution is 2.24. The molecule has 3 heterocycles. The summed E-state index contributed by atoms with van der Waals surface area (Å²) in [6, 6.07) is 10.4. The van der Waals surface area contributed by atoms with Crippen molar-refractivity contribution in [1.29, 1.82) is 0 Å². The lowest BCUT2D eigenvalue weighted by Gasteiger charge is -2.29. The van der Waals surface area contributed by atoms with E-state index >= 15 is 0 Å². The lowest BCUT2D eigenvalue weighted by molar-refractivity contribution is 0.0211. The summed E-state index contributed by atoms with van der Waals surface area (Å²) in [6.45, 7) is 8.49. The van der Waals surface area contributed by atoms with Crippen LogP contribution in [0, 0.1) is 0 Å². The Morgan fingerprint density at radius 1 is 1.11 bits per heavy atom.